The van der Waals surface area contributed by atoms with Gasteiger partial charge in [0.05, 0.1) is 5.69 Å². The molecule has 1 aliphatic heterocycles. The number of anilines is 1. The molecule has 0 radical (unpaired) electrons. The molecule has 0 bridgehead atoms. The molecular formula is C12H11F2NO3. The third-order valence-corrected chi connectivity index (χ3v) is 3.35. The number of hydrogen-bond donors (Lipinski definition) is 1. The molecule has 1 aromatic rings. The van der Waals surface area contributed by atoms with E-state index in [0.717, 1.165) is 17.0 Å². The molecule has 1 atom stereocenters. The van der Waals surface area contributed by atoms with Gasteiger partial charge in [0.25, 0.3) is 0 Å². The van der Waals surface area contributed by atoms with Crippen molar-refractivity contribution in [1.29, 1.82) is 0 Å². The Morgan fingerprint density at radius 2 is 1.94 bits per heavy atom. The number of hydrogen-bond acceptors (Lipinski definition) is 2. The first kappa shape index (κ1) is 12.5. The fourth-order valence-electron chi connectivity index (χ4n) is 2.10. The number of nitrogens with zero attached hydrogens (tertiary/aromatic N) is 1. The zero-order valence-electron chi connectivity index (χ0n) is 9.83. The first-order chi connectivity index (χ1) is 8.27. The SMILES string of the molecule is CN1C(=O)C[C@@](C)(C(=O)O)c2cc(F)c(F)cc21. The lowest BCUT2D eigenvalue weighted by Crippen LogP contribution is -2.45. The molecule has 0 saturated carbocycles. The first-order valence-corrected chi connectivity index (χ1v) is 5.27. The van der Waals surface area contributed by atoms with Crippen LogP contribution in [0.1, 0.15) is 18.9 Å². The number of carbonyl (C=O) groups is 2. The lowest BCUT2D eigenvalue weighted by atomic mass is 9.75. The van der Waals surface area contributed by atoms with Gasteiger partial charge in [0.2, 0.25) is 5.91 Å². The van der Waals surface area contributed by atoms with Gasteiger partial charge in [-0.05, 0) is 18.6 Å². The Morgan fingerprint density at radius 1 is 1.39 bits per heavy atom. The Morgan fingerprint density at radius 3 is 2.50 bits per heavy atom. The number of rotatable bonds is 1. The molecule has 96 valence electrons. The third-order valence-electron chi connectivity index (χ3n) is 3.35. The van der Waals surface area contributed by atoms with Gasteiger partial charge in [-0.25, -0.2) is 8.78 Å². The molecule has 0 aliphatic carbocycles. The molecule has 0 aromatic heterocycles. The highest BCUT2D eigenvalue weighted by Crippen LogP contribution is 2.41. The summed E-state index contributed by atoms with van der Waals surface area (Å²) in [5, 5.41) is 9.22. The van der Waals surface area contributed by atoms with E-state index in [9.17, 15) is 23.5 Å². The van der Waals surface area contributed by atoms with Crippen LogP contribution < -0.4 is 4.90 Å². The maximum Gasteiger partial charge on any atom is 0.314 e. The Kier molecular flexibility index (Phi) is 2.61. The molecule has 0 fully saturated rings. The van der Waals surface area contributed by atoms with Crippen LogP contribution in [0.5, 0.6) is 0 Å². The molecule has 1 aromatic carbocycles. The Labute approximate surface area is 102 Å². The molecule has 4 nitrogen and oxygen atoms in total. The van der Waals surface area contributed by atoms with Crippen molar-refractivity contribution in [2.75, 3.05) is 11.9 Å². The van der Waals surface area contributed by atoms with Crippen molar-refractivity contribution in [3.63, 3.8) is 0 Å². The van der Waals surface area contributed by atoms with E-state index in [1.807, 2.05) is 0 Å². The molecular weight excluding hydrogens is 244 g/mol. The van der Waals surface area contributed by atoms with Crippen molar-refractivity contribution in [3.8, 4) is 0 Å². The summed E-state index contributed by atoms with van der Waals surface area (Å²) < 4.78 is 26.5. The molecule has 1 aliphatic rings. The van der Waals surface area contributed by atoms with Gasteiger partial charge in [-0.3, -0.25) is 9.59 Å². The Balaban J connectivity index is 2.75. The predicted molar refractivity (Wildman–Crippen MR) is 59.4 cm³/mol. The molecule has 18 heavy (non-hydrogen) atoms. The molecule has 0 spiro atoms. The summed E-state index contributed by atoms with van der Waals surface area (Å²) in [4.78, 5) is 24.2. The van der Waals surface area contributed by atoms with Crippen molar-refractivity contribution < 1.29 is 23.5 Å². The average Bonchev–Trinajstić information content (AvgIpc) is 2.29. The summed E-state index contributed by atoms with van der Waals surface area (Å²) in [6.07, 6.45) is -0.281. The van der Waals surface area contributed by atoms with Crippen LogP contribution in [0, 0.1) is 11.6 Å². The molecule has 0 unspecified atom stereocenters. The van der Waals surface area contributed by atoms with E-state index in [0.29, 0.717) is 0 Å². The number of halogens is 2. The highest BCUT2D eigenvalue weighted by atomic mass is 19.2. The van der Waals surface area contributed by atoms with E-state index >= 15 is 0 Å². The third kappa shape index (κ3) is 1.56. The second-order valence-corrected chi connectivity index (χ2v) is 4.55. The van der Waals surface area contributed by atoms with Crippen LogP contribution in [0.15, 0.2) is 12.1 Å². The van der Waals surface area contributed by atoms with Gasteiger partial charge >= 0.3 is 5.97 Å². The van der Waals surface area contributed by atoms with Crippen molar-refractivity contribution >= 4 is 17.6 Å². The summed E-state index contributed by atoms with van der Waals surface area (Å²) >= 11 is 0. The van der Waals surface area contributed by atoms with Crippen molar-refractivity contribution in [2.24, 2.45) is 0 Å². The summed E-state index contributed by atoms with van der Waals surface area (Å²) in [5.41, 5.74) is -1.33. The van der Waals surface area contributed by atoms with Crippen molar-refractivity contribution in [3.05, 3.63) is 29.3 Å². The minimum Gasteiger partial charge on any atom is -0.481 e. The molecule has 1 heterocycles. The van der Waals surface area contributed by atoms with E-state index in [1.54, 1.807) is 0 Å². The van der Waals surface area contributed by atoms with Gasteiger partial charge in [0.15, 0.2) is 11.6 Å². The number of carbonyl (C=O) groups excluding carboxylic acids is 1. The van der Waals surface area contributed by atoms with E-state index in [2.05, 4.69) is 0 Å². The van der Waals surface area contributed by atoms with Gasteiger partial charge in [0, 0.05) is 19.5 Å². The largest absolute Gasteiger partial charge is 0.481 e. The monoisotopic (exact) mass is 255 g/mol. The standard InChI is InChI=1S/C12H11F2NO3/c1-12(11(17)18)5-10(16)15(2)9-4-8(14)7(13)3-6(9)12/h3-4H,5H2,1-2H3,(H,17,18)/t12-/m1/s1. The van der Waals surface area contributed by atoms with Crippen LogP contribution >= 0.6 is 0 Å². The number of benzene rings is 1. The van der Waals surface area contributed by atoms with Crippen molar-refractivity contribution in [2.45, 2.75) is 18.8 Å². The second kappa shape index (κ2) is 3.76. The molecule has 1 amide bonds. The summed E-state index contributed by atoms with van der Waals surface area (Å²) in [6, 6.07) is 1.70. The lowest BCUT2D eigenvalue weighted by Gasteiger charge is -2.36. The van der Waals surface area contributed by atoms with E-state index in [-0.39, 0.29) is 17.7 Å². The topological polar surface area (TPSA) is 57.6 Å². The number of carboxylic acid groups (broad SMARTS) is 1. The fraction of sp³-hybridized carbons (Fsp3) is 0.333. The quantitative estimate of drug-likeness (QED) is 0.830. The number of aliphatic carboxylic acids is 1. The van der Waals surface area contributed by atoms with Gasteiger partial charge in [0.1, 0.15) is 5.41 Å². The molecule has 1 N–H and O–H groups in total. The Bertz CT molecular complexity index is 558. The fourth-order valence-corrected chi connectivity index (χ4v) is 2.10. The van der Waals surface area contributed by atoms with Crippen molar-refractivity contribution in [1.82, 2.24) is 0 Å². The minimum atomic E-state index is -1.53. The van der Waals surface area contributed by atoms with Crippen LogP contribution in [0.25, 0.3) is 0 Å². The molecule has 2 rings (SSSR count). The summed E-state index contributed by atoms with van der Waals surface area (Å²) in [6.45, 7) is 1.33. The second-order valence-electron chi connectivity index (χ2n) is 4.55. The number of fused-ring (bicyclic) bond motifs is 1. The van der Waals surface area contributed by atoms with Gasteiger partial charge < -0.3 is 10.0 Å². The highest BCUT2D eigenvalue weighted by molar-refractivity contribution is 6.03. The lowest BCUT2D eigenvalue weighted by molar-refractivity contribution is -0.145. The van der Waals surface area contributed by atoms with Crippen LogP contribution in [-0.4, -0.2) is 24.0 Å². The van der Waals surface area contributed by atoms with Gasteiger partial charge in [-0.1, -0.05) is 0 Å². The number of amides is 1. The summed E-state index contributed by atoms with van der Waals surface area (Å²) in [5.74, 6) is -3.92. The van der Waals surface area contributed by atoms with E-state index in [4.69, 9.17) is 0 Å². The molecule has 6 heteroatoms. The van der Waals surface area contributed by atoms with Crippen LogP contribution in [0.2, 0.25) is 0 Å². The normalized spacial score (nSPS) is 22.9. The summed E-state index contributed by atoms with van der Waals surface area (Å²) in [7, 11) is 1.40. The Hall–Kier alpha value is -1.98. The predicted octanol–water partition coefficient (Wildman–Crippen LogP) is 1.67. The molecule has 0 saturated heterocycles. The average molecular weight is 255 g/mol. The van der Waals surface area contributed by atoms with Crippen LogP contribution in [-0.2, 0) is 15.0 Å². The smallest absolute Gasteiger partial charge is 0.314 e. The first-order valence-electron chi connectivity index (χ1n) is 5.27. The number of carboxylic acids is 1. The van der Waals surface area contributed by atoms with Crippen LogP contribution in [0.3, 0.4) is 0 Å². The van der Waals surface area contributed by atoms with Crippen LogP contribution in [0.4, 0.5) is 14.5 Å². The zero-order chi connectivity index (χ0) is 13.7. The van der Waals surface area contributed by atoms with E-state index < -0.39 is 28.9 Å². The van der Waals surface area contributed by atoms with Gasteiger partial charge in [-0.15, -0.1) is 0 Å². The highest BCUT2D eigenvalue weighted by Gasteiger charge is 2.45. The van der Waals surface area contributed by atoms with Gasteiger partial charge in [-0.2, -0.15) is 0 Å². The maximum atomic E-state index is 13.3. The maximum absolute atomic E-state index is 13.3. The minimum absolute atomic E-state index is 0.0926. The zero-order valence-corrected chi connectivity index (χ0v) is 9.83. The van der Waals surface area contributed by atoms with E-state index in [1.165, 1.54) is 14.0 Å².